The van der Waals surface area contributed by atoms with Gasteiger partial charge in [0.2, 0.25) is 5.91 Å². The fraction of sp³-hybridized carbons (Fsp3) is 0.636. The van der Waals surface area contributed by atoms with E-state index in [0.717, 1.165) is 0 Å². The number of allylic oxidation sites excluding steroid dienone is 1. The lowest BCUT2D eigenvalue weighted by Gasteiger charge is -2.20. The van der Waals surface area contributed by atoms with Crippen LogP contribution < -0.4 is 5.73 Å². The largest absolute Gasteiger partial charge is 0.460 e. The standard InChI is InChI=1S/C11H19NO3/c1-5-6-8(10(12)14)7-9(13)15-11(2,3)4/h5,8H,1,6-7H2,2-4H3,(H2,12,14). The van der Waals surface area contributed by atoms with Crippen LogP contribution in [-0.2, 0) is 14.3 Å². The van der Waals surface area contributed by atoms with Crippen molar-refractivity contribution in [2.45, 2.75) is 39.2 Å². The number of hydrogen-bond donors (Lipinski definition) is 1. The predicted octanol–water partition coefficient (Wildman–Crippen LogP) is 1.40. The van der Waals surface area contributed by atoms with E-state index in [0.29, 0.717) is 6.42 Å². The summed E-state index contributed by atoms with van der Waals surface area (Å²) >= 11 is 0. The Bertz CT molecular complexity index is 253. The Morgan fingerprint density at radius 3 is 2.33 bits per heavy atom. The quantitative estimate of drug-likeness (QED) is 0.554. The highest BCUT2D eigenvalue weighted by Gasteiger charge is 2.22. The van der Waals surface area contributed by atoms with Crippen molar-refractivity contribution in [2.75, 3.05) is 0 Å². The van der Waals surface area contributed by atoms with Crippen LogP contribution in [0.5, 0.6) is 0 Å². The summed E-state index contributed by atoms with van der Waals surface area (Å²) in [6.07, 6.45) is 1.98. The smallest absolute Gasteiger partial charge is 0.307 e. The Morgan fingerprint density at radius 1 is 1.47 bits per heavy atom. The second kappa shape index (κ2) is 5.53. The lowest BCUT2D eigenvalue weighted by molar-refractivity contribution is -0.157. The predicted molar refractivity (Wildman–Crippen MR) is 58.0 cm³/mol. The summed E-state index contributed by atoms with van der Waals surface area (Å²) in [5, 5.41) is 0. The molecular formula is C11H19NO3. The summed E-state index contributed by atoms with van der Waals surface area (Å²) in [5.41, 5.74) is 4.61. The van der Waals surface area contributed by atoms with E-state index in [-0.39, 0.29) is 6.42 Å². The average molecular weight is 213 g/mol. The number of hydrogen-bond acceptors (Lipinski definition) is 3. The van der Waals surface area contributed by atoms with Gasteiger partial charge in [-0.25, -0.2) is 0 Å². The van der Waals surface area contributed by atoms with Gasteiger partial charge in [-0.05, 0) is 27.2 Å². The molecular weight excluding hydrogens is 194 g/mol. The second-order valence-corrected chi connectivity index (χ2v) is 4.41. The molecule has 0 aromatic rings. The number of ether oxygens (including phenoxy) is 1. The number of rotatable bonds is 5. The van der Waals surface area contributed by atoms with E-state index in [9.17, 15) is 9.59 Å². The Hall–Kier alpha value is -1.32. The van der Waals surface area contributed by atoms with Crippen LogP contribution >= 0.6 is 0 Å². The highest BCUT2D eigenvalue weighted by Crippen LogP contribution is 2.14. The third-order valence-electron chi connectivity index (χ3n) is 1.69. The molecule has 0 aliphatic heterocycles. The molecule has 0 aliphatic rings. The van der Waals surface area contributed by atoms with Gasteiger partial charge in [-0.1, -0.05) is 6.08 Å². The molecule has 0 saturated heterocycles. The maximum Gasteiger partial charge on any atom is 0.307 e. The van der Waals surface area contributed by atoms with Gasteiger partial charge in [0.15, 0.2) is 0 Å². The van der Waals surface area contributed by atoms with Crippen LogP contribution in [0, 0.1) is 5.92 Å². The van der Waals surface area contributed by atoms with Gasteiger partial charge in [-0.3, -0.25) is 9.59 Å². The van der Waals surface area contributed by atoms with Gasteiger partial charge < -0.3 is 10.5 Å². The van der Waals surface area contributed by atoms with Crippen molar-refractivity contribution >= 4 is 11.9 Å². The summed E-state index contributed by atoms with van der Waals surface area (Å²) in [5.74, 6) is -1.42. The van der Waals surface area contributed by atoms with E-state index in [1.165, 1.54) is 0 Å². The number of carbonyl (C=O) groups excluding carboxylic acids is 2. The van der Waals surface area contributed by atoms with Crippen LogP contribution in [0.1, 0.15) is 33.6 Å². The zero-order valence-electron chi connectivity index (χ0n) is 9.58. The molecule has 0 radical (unpaired) electrons. The van der Waals surface area contributed by atoms with Crippen molar-refractivity contribution in [1.29, 1.82) is 0 Å². The van der Waals surface area contributed by atoms with Crippen LogP contribution in [0.4, 0.5) is 0 Å². The van der Waals surface area contributed by atoms with E-state index in [4.69, 9.17) is 10.5 Å². The monoisotopic (exact) mass is 213 g/mol. The van der Waals surface area contributed by atoms with E-state index in [2.05, 4.69) is 6.58 Å². The minimum absolute atomic E-state index is 0.0125. The molecule has 4 heteroatoms. The molecule has 15 heavy (non-hydrogen) atoms. The summed E-state index contributed by atoms with van der Waals surface area (Å²) in [6, 6.07) is 0. The van der Waals surface area contributed by atoms with E-state index in [1.807, 2.05) is 0 Å². The van der Waals surface area contributed by atoms with Crippen LogP contribution in [0.2, 0.25) is 0 Å². The first-order valence-corrected chi connectivity index (χ1v) is 4.88. The normalized spacial score (nSPS) is 13.0. The first-order valence-electron chi connectivity index (χ1n) is 4.88. The fourth-order valence-corrected chi connectivity index (χ4v) is 1.09. The van der Waals surface area contributed by atoms with Crippen molar-refractivity contribution in [3.63, 3.8) is 0 Å². The van der Waals surface area contributed by atoms with E-state index in [1.54, 1.807) is 26.8 Å². The highest BCUT2D eigenvalue weighted by atomic mass is 16.6. The Kier molecular flexibility index (Phi) is 5.05. The summed E-state index contributed by atoms with van der Waals surface area (Å²) in [6.45, 7) is 8.83. The van der Waals surface area contributed by atoms with Gasteiger partial charge in [-0.2, -0.15) is 0 Å². The van der Waals surface area contributed by atoms with Crippen molar-refractivity contribution in [3.05, 3.63) is 12.7 Å². The summed E-state index contributed by atoms with van der Waals surface area (Å²) in [4.78, 5) is 22.3. The van der Waals surface area contributed by atoms with Gasteiger partial charge in [0.1, 0.15) is 5.60 Å². The van der Waals surface area contributed by atoms with Gasteiger partial charge in [0.25, 0.3) is 0 Å². The van der Waals surface area contributed by atoms with Crippen LogP contribution in [-0.4, -0.2) is 17.5 Å². The maximum absolute atomic E-state index is 11.4. The average Bonchev–Trinajstić information content (AvgIpc) is 1.99. The molecule has 4 nitrogen and oxygen atoms in total. The molecule has 0 saturated carbocycles. The molecule has 0 rings (SSSR count). The van der Waals surface area contributed by atoms with Crippen molar-refractivity contribution < 1.29 is 14.3 Å². The zero-order valence-corrected chi connectivity index (χ0v) is 9.58. The minimum atomic E-state index is -0.534. The van der Waals surface area contributed by atoms with Crippen LogP contribution in [0.3, 0.4) is 0 Å². The lowest BCUT2D eigenvalue weighted by atomic mass is 10.0. The first-order chi connectivity index (χ1) is 6.76. The number of amides is 1. The molecule has 2 N–H and O–H groups in total. The molecule has 1 unspecified atom stereocenters. The van der Waals surface area contributed by atoms with Crippen LogP contribution in [0.15, 0.2) is 12.7 Å². The number of carbonyl (C=O) groups is 2. The Morgan fingerprint density at radius 2 is 2.00 bits per heavy atom. The summed E-state index contributed by atoms with van der Waals surface area (Å²) in [7, 11) is 0. The first kappa shape index (κ1) is 13.7. The highest BCUT2D eigenvalue weighted by molar-refractivity contribution is 5.82. The van der Waals surface area contributed by atoms with Gasteiger partial charge in [0, 0.05) is 0 Å². The molecule has 0 fully saturated rings. The molecule has 0 heterocycles. The van der Waals surface area contributed by atoms with E-state index < -0.39 is 23.4 Å². The fourth-order valence-electron chi connectivity index (χ4n) is 1.09. The SMILES string of the molecule is C=CCC(CC(=O)OC(C)(C)C)C(N)=O. The van der Waals surface area contributed by atoms with Gasteiger partial charge in [-0.15, -0.1) is 6.58 Å². The topological polar surface area (TPSA) is 69.4 Å². The van der Waals surface area contributed by atoms with Crippen molar-refractivity contribution in [3.8, 4) is 0 Å². The molecule has 1 amide bonds. The minimum Gasteiger partial charge on any atom is -0.460 e. The van der Waals surface area contributed by atoms with E-state index >= 15 is 0 Å². The number of esters is 1. The van der Waals surface area contributed by atoms with Gasteiger partial charge >= 0.3 is 5.97 Å². The van der Waals surface area contributed by atoms with Crippen LogP contribution in [0.25, 0.3) is 0 Å². The third kappa shape index (κ3) is 6.71. The second-order valence-electron chi connectivity index (χ2n) is 4.41. The molecule has 0 aliphatic carbocycles. The zero-order chi connectivity index (χ0) is 12.1. The van der Waals surface area contributed by atoms with Gasteiger partial charge in [0.05, 0.1) is 12.3 Å². The molecule has 0 aromatic carbocycles. The Labute approximate surface area is 90.5 Å². The van der Waals surface area contributed by atoms with Crippen molar-refractivity contribution in [1.82, 2.24) is 0 Å². The van der Waals surface area contributed by atoms with Crippen molar-refractivity contribution in [2.24, 2.45) is 11.7 Å². The summed E-state index contributed by atoms with van der Waals surface area (Å²) < 4.78 is 5.08. The Balaban J connectivity index is 4.23. The molecule has 0 spiro atoms. The number of primary amides is 1. The maximum atomic E-state index is 11.4. The number of nitrogens with two attached hydrogens (primary N) is 1. The molecule has 1 atom stereocenters. The molecule has 0 bridgehead atoms. The lowest BCUT2D eigenvalue weighted by Crippen LogP contribution is -2.29. The molecule has 86 valence electrons. The molecule has 0 aromatic heterocycles. The third-order valence-corrected chi connectivity index (χ3v) is 1.69.